The van der Waals surface area contributed by atoms with Crippen LogP contribution in [0.15, 0.2) is 72.8 Å². The van der Waals surface area contributed by atoms with Crippen molar-refractivity contribution in [1.29, 1.82) is 0 Å². The number of hydrogen-bond acceptors (Lipinski definition) is 0. The van der Waals surface area contributed by atoms with Gasteiger partial charge in [-0.15, -0.1) is 0 Å². The molecule has 0 spiro atoms. The van der Waals surface area contributed by atoms with Gasteiger partial charge in [0.1, 0.15) is 0 Å². The fourth-order valence-electron chi connectivity index (χ4n) is 8.29. The molecule has 6 rings (SSSR count). The average Bonchev–Trinajstić information content (AvgIpc) is 3.54. The molecule has 3 aliphatic rings. The summed E-state index contributed by atoms with van der Waals surface area (Å²) in [4.78, 5) is 0. The van der Waals surface area contributed by atoms with Gasteiger partial charge in [0.05, 0.1) is 0 Å². The number of fused-ring (bicyclic) bond motifs is 3. The molecule has 0 aromatic heterocycles. The number of benzene rings is 3. The van der Waals surface area contributed by atoms with Crippen LogP contribution in [0, 0.1) is 17.8 Å². The standard InChI is InChI=1S/C15H24Si.C12H18Si.C10H12.B.Li/c1-5-8-12-11(2)15(16(3)4)14-10-7-6-9-13(12)14;1-9-8-10-6-4-5-7-11(10)12(9)13(2)3;1-8-6-9-4-2-3-5-10(9)7-8;;/h6-7,9-12,15-16H,5,8H2,1-4H3;4-7,9,12-13H,8H2,1-3H3;2-5,8H,6-7H2,1H3;;/q;;;;+1. The third kappa shape index (κ3) is 8.44. The first-order valence-corrected chi connectivity index (χ1v) is 21.9. The maximum atomic E-state index is 2.51. The quantitative estimate of drug-likeness (QED) is 0.319. The van der Waals surface area contributed by atoms with Crippen LogP contribution in [0.5, 0.6) is 0 Å². The van der Waals surface area contributed by atoms with Crippen molar-refractivity contribution in [3.05, 3.63) is 106 Å². The van der Waals surface area contributed by atoms with Crippen LogP contribution in [0.1, 0.15) is 90.9 Å². The molecule has 3 aromatic carbocycles. The van der Waals surface area contributed by atoms with E-state index in [0.717, 1.165) is 34.8 Å². The summed E-state index contributed by atoms with van der Waals surface area (Å²) in [6.07, 6.45) is 6.57. The summed E-state index contributed by atoms with van der Waals surface area (Å²) in [6.45, 7) is 19.5. The summed E-state index contributed by atoms with van der Waals surface area (Å²) in [5.41, 5.74) is 11.6. The molecule has 0 bridgehead atoms. The van der Waals surface area contributed by atoms with Crippen LogP contribution in [0.4, 0.5) is 0 Å². The zero-order chi connectivity index (χ0) is 28.1. The predicted molar refractivity (Wildman–Crippen MR) is 185 cm³/mol. The molecule has 0 saturated heterocycles. The summed E-state index contributed by atoms with van der Waals surface area (Å²) in [5, 5.41) is 0. The van der Waals surface area contributed by atoms with Crippen LogP contribution >= 0.6 is 0 Å². The van der Waals surface area contributed by atoms with Gasteiger partial charge in [-0.25, -0.2) is 0 Å². The molecule has 3 aliphatic carbocycles. The molecular weight excluding hydrogens is 518 g/mol. The minimum Gasteiger partial charge on any atom is -0.0717 e. The molecule has 0 heterocycles. The van der Waals surface area contributed by atoms with Crippen LogP contribution in [0.25, 0.3) is 0 Å². The van der Waals surface area contributed by atoms with Gasteiger partial charge in [-0.05, 0) is 93.8 Å². The van der Waals surface area contributed by atoms with Gasteiger partial charge in [-0.2, -0.15) is 0 Å². The molecule has 5 unspecified atom stereocenters. The van der Waals surface area contributed by atoms with Crippen molar-refractivity contribution in [2.24, 2.45) is 17.8 Å². The Labute approximate surface area is 270 Å². The fourth-order valence-corrected chi connectivity index (χ4v) is 13.3. The molecule has 0 aliphatic heterocycles. The van der Waals surface area contributed by atoms with Gasteiger partial charge < -0.3 is 0 Å². The van der Waals surface area contributed by atoms with Crippen LogP contribution < -0.4 is 18.9 Å². The van der Waals surface area contributed by atoms with E-state index in [1.54, 1.807) is 33.4 Å². The van der Waals surface area contributed by atoms with Gasteiger partial charge in [0, 0.05) is 26.0 Å². The van der Waals surface area contributed by atoms with Gasteiger partial charge in [-0.3, -0.25) is 0 Å². The molecule has 3 radical (unpaired) electrons. The Morgan fingerprint density at radius 3 is 1.59 bits per heavy atom. The third-order valence-electron chi connectivity index (χ3n) is 9.82. The smallest absolute Gasteiger partial charge is 0.0717 e. The van der Waals surface area contributed by atoms with Gasteiger partial charge >= 0.3 is 18.9 Å². The summed E-state index contributed by atoms with van der Waals surface area (Å²) < 4.78 is 0. The van der Waals surface area contributed by atoms with E-state index in [4.69, 9.17) is 0 Å². The van der Waals surface area contributed by atoms with E-state index in [0.29, 0.717) is 0 Å². The normalized spacial score (nSPS) is 23.7. The molecule has 0 nitrogen and oxygen atoms in total. The topological polar surface area (TPSA) is 0 Å². The Bertz CT molecular complexity index is 1180. The second kappa shape index (κ2) is 16.6. The Hall–Kier alpha value is -1.24. The summed E-state index contributed by atoms with van der Waals surface area (Å²) in [6, 6.07) is 27.0. The van der Waals surface area contributed by atoms with Crippen molar-refractivity contribution in [3.8, 4) is 0 Å². The molecule has 0 amide bonds. The Kier molecular flexibility index (Phi) is 14.5. The fraction of sp³-hybridized carbons (Fsp3) is 0.514. The SMILES string of the molecule is CC1Cc2ccccc2C1.CC1Cc2ccccc2C1[SiH](C)C.CCCC1c2ccccc2C([SiH](C)C)C1C.[B].[Li+]. The summed E-state index contributed by atoms with van der Waals surface area (Å²) in [5.74, 6) is 3.48. The van der Waals surface area contributed by atoms with Crippen LogP contribution in [0.2, 0.25) is 26.2 Å². The average molecular weight is 573 g/mol. The van der Waals surface area contributed by atoms with E-state index in [9.17, 15) is 0 Å². The Morgan fingerprint density at radius 2 is 1.07 bits per heavy atom. The van der Waals surface area contributed by atoms with Gasteiger partial charge in [0.25, 0.3) is 0 Å². The molecule has 213 valence electrons. The first kappa shape index (κ1) is 35.9. The van der Waals surface area contributed by atoms with Crippen molar-refractivity contribution < 1.29 is 18.9 Å². The summed E-state index contributed by atoms with van der Waals surface area (Å²) in [7, 11) is -1.10. The van der Waals surface area contributed by atoms with Gasteiger partial charge in [0.15, 0.2) is 0 Å². The molecule has 5 atom stereocenters. The molecule has 41 heavy (non-hydrogen) atoms. The maximum absolute atomic E-state index is 2.51. The van der Waals surface area contributed by atoms with Crippen molar-refractivity contribution in [2.75, 3.05) is 0 Å². The number of hydrogen-bond donors (Lipinski definition) is 0. The molecule has 3 aromatic rings. The molecule has 0 saturated carbocycles. The molecule has 0 fully saturated rings. The van der Waals surface area contributed by atoms with Crippen LogP contribution in [-0.4, -0.2) is 26.0 Å². The van der Waals surface area contributed by atoms with E-state index in [1.807, 2.05) is 0 Å². The molecule has 4 heteroatoms. The number of rotatable bonds is 4. The second-order valence-electron chi connectivity index (χ2n) is 13.6. The monoisotopic (exact) mass is 572 g/mol. The summed E-state index contributed by atoms with van der Waals surface area (Å²) >= 11 is 0. The van der Waals surface area contributed by atoms with E-state index in [-0.39, 0.29) is 27.3 Å². The van der Waals surface area contributed by atoms with Crippen molar-refractivity contribution in [3.63, 3.8) is 0 Å². The minimum atomic E-state index is -0.581. The van der Waals surface area contributed by atoms with Crippen LogP contribution in [-0.2, 0) is 19.3 Å². The van der Waals surface area contributed by atoms with Crippen molar-refractivity contribution in [2.45, 2.75) is 103 Å². The first-order valence-electron chi connectivity index (χ1n) is 16.0. The van der Waals surface area contributed by atoms with Crippen molar-refractivity contribution in [1.82, 2.24) is 0 Å². The van der Waals surface area contributed by atoms with E-state index < -0.39 is 17.6 Å². The third-order valence-corrected chi connectivity index (χ3v) is 14.7. The zero-order valence-electron chi connectivity index (χ0n) is 27.7. The Morgan fingerprint density at radius 1 is 0.610 bits per heavy atom. The maximum Gasteiger partial charge on any atom is 1.00 e. The second-order valence-corrected chi connectivity index (χ2v) is 20.0. The zero-order valence-corrected chi connectivity index (χ0v) is 30.0. The molecular formula is C37H54BLiSi2+. The predicted octanol–water partition coefficient (Wildman–Crippen LogP) is 6.36. The van der Waals surface area contributed by atoms with E-state index in [1.165, 1.54) is 32.1 Å². The largest absolute Gasteiger partial charge is 1.00 e. The van der Waals surface area contributed by atoms with E-state index >= 15 is 0 Å². The van der Waals surface area contributed by atoms with Crippen LogP contribution in [0.3, 0.4) is 0 Å². The van der Waals surface area contributed by atoms with Crippen molar-refractivity contribution >= 4 is 26.0 Å². The molecule has 0 N–H and O–H groups in total. The Balaban J connectivity index is 0.000000215. The van der Waals surface area contributed by atoms with E-state index in [2.05, 4.69) is 127 Å². The van der Waals surface area contributed by atoms with Gasteiger partial charge in [-0.1, -0.05) is 133 Å². The first-order chi connectivity index (χ1) is 18.7. The van der Waals surface area contributed by atoms with Gasteiger partial charge in [0.2, 0.25) is 0 Å². The minimum absolute atomic E-state index is 0.